The standard InChI is InChI=1S/C14H16N2O3/c1-3-9-7-10(8(2)15-13(9)17)11-5-4-6-12(16-11)14(18)19/h4-7,12,16H,3H2,1-2H3,(H,15,17)(H,18,19)/t12-/m1/s1. The van der Waals surface area contributed by atoms with E-state index in [1.807, 2.05) is 13.0 Å². The van der Waals surface area contributed by atoms with Crippen LogP contribution in [0.5, 0.6) is 0 Å². The first-order chi connectivity index (χ1) is 9.02. The van der Waals surface area contributed by atoms with Gasteiger partial charge in [-0.1, -0.05) is 19.1 Å². The largest absolute Gasteiger partial charge is 0.479 e. The smallest absolute Gasteiger partial charge is 0.330 e. The summed E-state index contributed by atoms with van der Waals surface area (Å²) >= 11 is 0. The van der Waals surface area contributed by atoms with Gasteiger partial charge >= 0.3 is 5.97 Å². The number of nitrogens with one attached hydrogen (secondary N) is 2. The molecule has 1 aliphatic heterocycles. The molecule has 19 heavy (non-hydrogen) atoms. The quantitative estimate of drug-likeness (QED) is 0.762. The van der Waals surface area contributed by atoms with Crippen molar-refractivity contribution in [1.82, 2.24) is 10.3 Å². The highest BCUT2D eigenvalue weighted by molar-refractivity contribution is 5.81. The second-order valence-corrected chi connectivity index (χ2v) is 4.44. The molecule has 3 N–H and O–H groups in total. The molecule has 0 spiro atoms. The first-order valence-electron chi connectivity index (χ1n) is 6.14. The Bertz CT molecular complexity index is 626. The number of hydrogen-bond donors (Lipinski definition) is 3. The van der Waals surface area contributed by atoms with Gasteiger partial charge in [-0.3, -0.25) is 4.79 Å². The molecule has 1 aromatic rings. The van der Waals surface area contributed by atoms with Gasteiger partial charge in [-0.25, -0.2) is 4.79 Å². The number of pyridine rings is 1. The average molecular weight is 260 g/mol. The van der Waals surface area contributed by atoms with Gasteiger partial charge in [0.25, 0.3) is 5.56 Å². The van der Waals surface area contributed by atoms with E-state index in [0.29, 0.717) is 17.7 Å². The molecule has 5 heteroatoms. The van der Waals surface area contributed by atoms with E-state index >= 15 is 0 Å². The number of aromatic nitrogens is 1. The Morgan fingerprint density at radius 3 is 2.84 bits per heavy atom. The van der Waals surface area contributed by atoms with Gasteiger partial charge in [-0.2, -0.15) is 0 Å². The Balaban J connectivity index is 2.43. The average Bonchev–Trinajstić information content (AvgIpc) is 2.39. The zero-order valence-electron chi connectivity index (χ0n) is 10.9. The van der Waals surface area contributed by atoms with Crippen LogP contribution >= 0.6 is 0 Å². The van der Waals surface area contributed by atoms with E-state index in [1.54, 1.807) is 25.2 Å². The molecule has 0 fully saturated rings. The molecule has 2 rings (SSSR count). The molecule has 0 aliphatic carbocycles. The maximum Gasteiger partial charge on any atom is 0.330 e. The van der Waals surface area contributed by atoms with Crippen LogP contribution in [0.2, 0.25) is 0 Å². The molecule has 0 unspecified atom stereocenters. The lowest BCUT2D eigenvalue weighted by Crippen LogP contribution is -2.35. The maximum absolute atomic E-state index is 11.7. The van der Waals surface area contributed by atoms with Crippen LogP contribution in [0.4, 0.5) is 0 Å². The summed E-state index contributed by atoms with van der Waals surface area (Å²) in [6.07, 6.45) is 5.72. The molecule has 1 aliphatic rings. The first kappa shape index (κ1) is 13.1. The molecule has 0 aromatic carbocycles. The summed E-state index contributed by atoms with van der Waals surface area (Å²) in [4.78, 5) is 25.5. The third-order valence-electron chi connectivity index (χ3n) is 3.13. The van der Waals surface area contributed by atoms with Gasteiger partial charge in [0.1, 0.15) is 6.04 Å². The van der Waals surface area contributed by atoms with E-state index in [2.05, 4.69) is 10.3 Å². The van der Waals surface area contributed by atoms with Crippen LogP contribution in [0.3, 0.4) is 0 Å². The van der Waals surface area contributed by atoms with Crippen LogP contribution in [0.1, 0.15) is 23.7 Å². The van der Waals surface area contributed by atoms with Crippen LogP contribution in [-0.4, -0.2) is 22.1 Å². The molecule has 1 aromatic heterocycles. The topological polar surface area (TPSA) is 82.2 Å². The molecular formula is C14H16N2O3. The number of aromatic amines is 1. The SMILES string of the molecule is CCc1cc(C2=CC=C[C@H](C(=O)O)N2)c(C)[nH]c1=O. The summed E-state index contributed by atoms with van der Waals surface area (Å²) in [5.41, 5.74) is 2.85. The highest BCUT2D eigenvalue weighted by Gasteiger charge is 2.19. The summed E-state index contributed by atoms with van der Waals surface area (Å²) < 4.78 is 0. The van der Waals surface area contributed by atoms with Crippen molar-refractivity contribution in [1.29, 1.82) is 0 Å². The fourth-order valence-corrected chi connectivity index (χ4v) is 2.05. The van der Waals surface area contributed by atoms with Crippen LogP contribution in [-0.2, 0) is 11.2 Å². The molecule has 1 atom stereocenters. The van der Waals surface area contributed by atoms with Crippen molar-refractivity contribution in [3.8, 4) is 0 Å². The Kier molecular flexibility index (Phi) is 3.55. The van der Waals surface area contributed by atoms with E-state index in [4.69, 9.17) is 5.11 Å². The first-order valence-corrected chi connectivity index (χ1v) is 6.14. The highest BCUT2D eigenvalue weighted by atomic mass is 16.4. The second-order valence-electron chi connectivity index (χ2n) is 4.44. The van der Waals surface area contributed by atoms with Crippen molar-refractivity contribution >= 4 is 11.7 Å². The fraction of sp³-hybridized carbons (Fsp3) is 0.286. The van der Waals surface area contributed by atoms with E-state index in [9.17, 15) is 9.59 Å². The third kappa shape index (κ3) is 2.59. The van der Waals surface area contributed by atoms with Crippen LogP contribution in [0.15, 0.2) is 29.1 Å². The molecule has 100 valence electrons. The number of carbonyl (C=O) groups is 1. The number of aliphatic carboxylic acids is 1. The van der Waals surface area contributed by atoms with Crippen molar-refractivity contribution in [2.45, 2.75) is 26.3 Å². The number of rotatable bonds is 3. The number of hydrogen-bond acceptors (Lipinski definition) is 3. The van der Waals surface area contributed by atoms with Crippen LogP contribution in [0.25, 0.3) is 5.70 Å². The zero-order chi connectivity index (χ0) is 14.0. The molecule has 0 radical (unpaired) electrons. The van der Waals surface area contributed by atoms with Gasteiger partial charge in [0.15, 0.2) is 0 Å². The molecule has 0 saturated carbocycles. The molecule has 0 amide bonds. The monoisotopic (exact) mass is 260 g/mol. The minimum Gasteiger partial charge on any atom is -0.479 e. The Morgan fingerprint density at radius 1 is 1.47 bits per heavy atom. The molecule has 0 saturated heterocycles. The van der Waals surface area contributed by atoms with Crippen molar-refractivity contribution in [3.05, 3.63) is 51.5 Å². The van der Waals surface area contributed by atoms with Crippen molar-refractivity contribution in [2.75, 3.05) is 0 Å². The van der Waals surface area contributed by atoms with E-state index in [0.717, 1.165) is 11.3 Å². The van der Waals surface area contributed by atoms with Gasteiger partial charge < -0.3 is 15.4 Å². The minimum absolute atomic E-state index is 0.0921. The summed E-state index contributed by atoms with van der Waals surface area (Å²) in [6.45, 7) is 3.71. The number of allylic oxidation sites excluding steroid dienone is 2. The van der Waals surface area contributed by atoms with Crippen molar-refractivity contribution < 1.29 is 9.90 Å². The maximum atomic E-state index is 11.7. The van der Waals surface area contributed by atoms with E-state index < -0.39 is 12.0 Å². The van der Waals surface area contributed by atoms with E-state index in [1.165, 1.54) is 0 Å². The third-order valence-corrected chi connectivity index (χ3v) is 3.13. The van der Waals surface area contributed by atoms with Gasteiger partial charge in [-0.15, -0.1) is 0 Å². The van der Waals surface area contributed by atoms with Gasteiger partial charge in [0.05, 0.1) is 0 Å². The highest BCUT2D eigenvalue weighted by Crippen LogP contribution is 2.18. The zero-order valence-corrected chi connectivity index (χ0v) is 10.9. The number of aryl methyl sites for hydroxylation is 2. The van der Waals surface area contributed by atoms with Crippen LogP contribution in [0, 0.1) is 6.92 Å². The molecular weight excluding hydrogens is 244 g/mol. The fourth-order valence-electron chi connectivity index (χ4n) is 2.05. The van der Waals surface area contributed by atoms with Gasteiger partial charge in [0, 0.05) is 22.5 Å². The van der Waals surface area contributed by atoms with Gasteiger partial charge in [-0.05, 0) is 25.5 Å². The molecule has 0 bridgehead atoms. The Hall–Kier alpha value is -2.30. The van der Waals surface area contributed by atoms with Gasteiger partial charge in [0.2, 0.25) is 0 Å². The summed E-state index contributed by atoms with van der Waals surface area (Å²) in [5.74, 6) is -0.931. The normalized spacial score (nSPS) is 17.8. The van der Waals surface area contributed by atoms with Crippen molar-refractivity contribution in [2.24, 2.45) is 0 Å². The Morgan fingerprint density at radius 2 is 2.21 bits per heavy atom. The predicted molar refractivity (Wildman–Crippen MR) is 72.9 cm³/mol. The number of carboxylic acids is 1. The molecule has 5 nitrogen and oxygen atoms in total. The summed E-state index contributed by atoms with van der Waals surface area (Å²) in [7, 11) is 0. The predicted octanol–water partition coefficient (Wildman–Crippen LogP) is 1.20. The van der Waals surface area contributed by atoms with E-state index in [-0.39, 0.29) is 5.56 Å². The lowest BCUT2D eigenvalue weighted by Gasteiger charge is -2.20. The summed E-state index contributed by atoms with van der Waals surface area (Å²) in [5, 5.41) is 12.0. The number of carboxylic acid groups (broad SMARTS) is 1. The molecule has 2 heterocycles. The number of H-pyrrole nitrogens is 1. The van der Waals surface area contributed by atoms with Crippen molar-refractivity contribution in [3.63, 3.8) is 0 Å². The lowest BCUT2D eigenvalue weighted by molar-refractivity contribution is -0.137. The number of dihydropyridines is 1. The van der Waals surface area contributed by atoms with Crippen LogP contribution < -0.4 is 10.9 Å². The lowest BCUT2D eigenvalue weighted by atomic mass is 10.0. The second kappa shape index (κ2) is 5.14. The summed E-state index contributed by atoms with van der Waals surface area (Å²) in [6, 6.07) is 1.07. The minimum atomic E-state index is -0.931. The Labute approximate surface area is 110 Å².